The van der Waals surface area contributed by atoms with Crippen molar-refractivity contribution in [3.63, 3.8) is 0 Å². The van der Waals surface area contributed by atoms with Crippen molar-refractivity contribution in [1.29, 1.82) is 0 Å². The number of benzene rings is 1. The van der Waals surface area contributed by atoms with Gasteiger partial charge < -0.3 is 14.8 Å². The Hall–Kier alpha value is -2.08. The van der Waals surface area contributed by atoms with E-state index in [9.17, 15) is 0 Å². The molecule has 0 saturated heterocycles. The second kappa shape index (κ2) is 6.38. The first kappa shape index (κ1) is 14.3. The third kappa shape index (κ3) is 2.91. The summed E-state index contributed by atoms with van der Waals surface area (Å²) in [6.07, 6.45) is 1.76. The molecule has 0 aliphatic rings. The van der Waals surface area contributed by atoms with Crippen molar-refractivity contribution in [3.05, 3.63) is 35.7 Å². The van der Waals surface area contributed by atoms with Gasteiger partial charge in [0.05, 0.1) is 32.2 Å². The molecule has 0 aliphatic heterocycles. The largest absolute Gasteiger partial charge is 0.497 e. The summed E-state index contributed by atoms with van der Waals surface area (Å²) in [6.45, 7) is 2.89. The highest BCUT2D eigenvalue weighted by Crippen LogP contribution is 2.29. The lowest BCUT2D eigenvalue weighted by Gasteiger charge is -2.19. The van der Waals surface area contributed by atoms with Crippen molar-refractivity contribution in [1.82, 2.24) is 20.3 Å². The average Bonchev–Trinajstić information content (AvgIpc) is 2.90. The highest BCUT2D eigenvalue weighted by atomic mass is 16.5. The minimum Gasteiger partial charge on any atom is -0.497 e. The van der Waals surface area contributed by atoms with Gasteiger partial charge in [0.15, 0.2) is 0 Å². The molecule has 0 saturated carbocycles. The van der Waals surface area contributed by atoms with Crippen molar-refractivity contribution < 1.29 is 9.47 Å². The summed E-state index contributed by atoms with van der Waals surface area (Å²) in [7, 11) is 5.17. The molecule has 2 rings (SSSR count). The second-order valence-corrected chi connectivity index (χ2v) is 4.42. The Kier molecular flexibility index (Phi) is 4.57. The molecule has 1 N–H and O–H groups in total. The van der Waals surface area contributed by atoms with Gasteiger partial charge >= 0.3 is 0 Å². The molecule has 20 heavy (non-hydrogen) atoms. The number of methoxy groups -OCH3 is 2. The fourth-order valence-corrected chi connectivity index (χ4v) is 2.15. The van der Waals surface area contributed by atoms with Crippen molar-refractivity contribution in [2.75, 3.05) is 20.8 Å². The number of hydrogen-bond acceptors (Lipinski definition) is 5. The summed E-state index contributed by atoms with van der Waals surface area (Å²) in [4.78, 5) is 0. The molecule has 0 radical (unpaired) electrons. The maximum absolute atomic E-state index is 5.33. The van der Waals surface area contributed by atoms with Crippen LogP contribution in [-0.2, 0) is 7.05 Å². The number of nitrogens with one attached hydrogen (secondary N) is 1. The van der Waals surface area contributed by atoms with Gasteiger partial charge in [-0.15, -0.1) is 5.10 Å². The van der Waals surface area contributed by atoms with Crippen LogP contribution in [0.5, 0.6) is 11.5 Å². The Morgan fingerprint density at radius 3 is 2.30 bits per heavy atom. The Bertz CT molecular complexity index is 546. The Morgan fingerprint density at radius 2 is 1.85 bits per heavy atom. The van der Waals surface area contributed by atoms with E-state index in [-0.39, 0.29) is 6.04 Å². The van der Waals surface area contributed by atoms with Crippen LogP contribution in [0, 0.1) is 0 Å². The summed E-state index contributed by atoms with van der Waals surface area (Å²) in [5, 5.41) is 11.4. The summed E-state index contributed by atoms with van der Waals surface area (Å²) in [6, 6.07) is 5.82. The van der Waals surface area contributed by atoms with Crippen LogP contribution in [0.3, 0.4) is 0 Å². The molecule has 108 valence electrons. The third-order valence-corrected chi connectivity index (χ3v) is 3.16. The minimum absolute atomic E-state index is 0.0102. The summed E-state index contributed by atoms with van der Waals surface area (Å²) in [5.74, 6) is 1.52. The number of ether oxygens (including phenoxy) is 2. The van der Waals surface area contributed by atoms with E-state index in [1.54, 1.807) is 25.1 Å². The molecule has 1 aromatic heterocycles. The average molecular weight is 276 g/mol. The molecule has 0 aliphatic carbocycles. The van der Waals surface area contributed by atoms with Gasteiger partial charge in [0, 0.05) is 13.1 Å². The van der Waals surface area contributed by atoms with Gasteiger partial charge in [-0.25, -0.2) is 0 Å². The molecule has 0 amide bonds. The van der Waals surface area contributed by atoms with E-state index in [0.29, 0.717) is 0 Å². The zero-order valence-corrected chi connectivity index (χ0v) is 12.3. The van der Waals surface area contributed by atoms with Crippen molar-refractivity contribution in [2.24, 2.45) is 7.05 Å². The number of nitrogens with zero attached hydrogens (tertiary/aromatic N) is 3. The van der Waals surface area contributed by atoms with Crippen LogP contribution in [0.4, 0.5) is 0 Å². The quantitative estimate of drug-likeness (QED) is 0.867. The summed E-state index contributed by atoms with van der Waals surface area (Å²) < 4.78 is 12.4. The standard InChI is InChI=1S/C14H20N4O2/c1-5-15-14(13-9-16-17-18(13)2)10-6-11(19-3)8-12(7-10)20-4/h6-9,14-15H,5H2,1-4H3. The zero-order valence-electron chi connectivity index (χ0n) is 12.3. The van der Waals surface area contributed by atoms with E-state index in [1.807, 2.05) is 25.2 Å². The maximum Gasteiger partial charge on any atom is 0.122 e. The molecule has 6 nitrogen and oxygen atoms in total. The van der Waals surface area contributed by atoms with Crippen LogP contribution in [0.1, 0.15) is 24.2 Å². The minimum atomic E-state index is -0.0102. The van der Waals surface area contributed by atoms with Crippen LogP contribution < -0.4 is 14.8 Å². The SMILES string of the molecule is CCNC(c1cc(OC)cc(OC)c1)c1cnnn1C. The first-order valence-corrected chi connectivity index (χ1v) is 6.50. The highest BCUT2D eigenvalue weighted by molar-refractivity contribution is 5.41. The van der Waals surface area contributed by atoms with E-state index < -0.39 is 0 Å². The lowest BCUT2D eigenvalue weighted by Crippen LogP contribution is -2.24. The molecule has 1 aromatic carbocycles. The summed E-state index contributed by atoms with van der Waals surface area (Å²) >= 11 is 0. The van der Waals surface area contributed by atoms with Gasteiger partial charge in [0.25, 0.3) is 0 Å². The van der Waals surface area contributed by atoms with Crippen LogP contribution >= 0.6 is 0 Å². The number of aromatic nitrogens is 3. The van der Waals surface area contributed by atoms with Crippen LogP contribution in [0.2, 0.25) is 0 Å². The van der Waals surface area contributed by atoms with Gasteiger partial charge in [-0.05, 0) is 24.2 Å². The normalized spacial score (nSPS) is 12.2. The molecule has 2 aromatic rings. The molecule has 6 heteroatoms. The molecular weight excluding hydrogens is 256 g/mol. The topological polar surface area (TPSA) is 61.2 Å². The lowest BCUT2D eigenvalue weighted by molar-refractivity contribution is 0.392. The molecule has 0 spiro atoms. The molecular formula is C14H20N4O2. The molecule has 1 atom stereocenters. The van der Waals surface area contributed by atoms with Crippen LogP contribution in [-0.4, -0.2) is 35.8 Å². The predicted octanol–water partition coefficient (Wildman–Crippen LogP) is 1.53. The Labute approximate surface area is 118 Å². The van der Waals surface area contributed by atoms with E-state index in [2.05, 4.69) is 22.6 Å². The molecule has 0 bridgehead atoms. The number of rotatable bonds is 6. The predicted molar refractivity (Wildman–Crippen MR) is 76.1 cm³/mol. The monoisotopic (exact) mass is 276 g/mol. The first-order valence-electron chi connectivity index (χ1n) is 6.50. The fraction of sp³-hybridized carbons (Fsp3) is 0.429. The fourth-order valence-electron chi connectivity index (χ4n) is 2.15. The van der Waals surface area contributed by atoms with Crippen molar-refractivity contribution >= 4 is 0 Å². The van der Waals surface area contributed by atoms with Gasteiger partial charge in [-0.1, -0.05) is 12.1 Å². The third-order valence-electron chi connectivity index (χ3n) is 3.16. The van der Waals surface area contributed by atoms with Crippen molar-refractivity contribution in [2.45, 2.75) is 13.0 Å². The second-order valence-electron chi connectivity index (χ2n) is 4.42. The van der Waals surface area contributed by atoms with Gasteiger partial charge in [-0.3, -0.25) is 4.68 Å². The Balaban J connectivity index is 2.46. The van der Waals surface area contributed by atoms with Gasteiger partial charge in [0.1, 0.15) is 11.5 Å². The number of hydrogen-bond donors (Lipinski definition) is 1. The molecule has 1 heterocycles. The van der Waals surface area contributed by atoms with Gasteiger partial charge in [-0.2, -0.15) is 0 Å². The van der Waals surface area contributed by atoms with Crippen LogP contribution in [0.15, 0.2) is 24.4 Å². The van der Waals surface area contributed by atoms with Crippen molar-refractivity contribution in [3.8, 4) is 11.5 Å². The zero-order chi connectivity index (χ0) is 14.5. The first-order chi connectivity index (χ1) is 9.69. The molecule has 0 fully saturated rings. The smallest absolute Gasteiger partial charge is 0.122 e. The van der Waals surface area contributed by atoms with E-state index in [4.69, 9.17) is 9.47 Å². The highest BCUT2D eigenvalue weighted by Gasteiger charge is 2.18. The Morgan fingerprint density at radius 1 is 1.20 bits per heavy atom. The number of aryl methyl sites for hydroxylation is 1. The van der Waals surface area contributed by atoms with Crippen LogP contribution in [0.25, 0.3) is 0 Å². The van der Waals surface area contributed by atoms with E-state index in [0.717, 1.165) is 29.3 Å². The van der Waals surface area contributed by atoms with E-state index >= 15 is 0 Å². The molecule has 1 unspecified atom stereocenters. The maximum atomic E-state index is 5.33. The lowest BCUT2D eigenvalue weighted by atomic mass is 10.0. The van der Waals surface area contributed by atoms with E-state index in [1.165, 1.54) is 0 Å². The summed E-state index contributed by atoms with van der Waals surface area (Å²) in [5.41, 5.74) is 2.04. The van der Waals surface area contributed by atoms with Gasteiger partial charge in [0.2, 0.25) is 0 Å².